The lowest BCUT2D eigenvalue weighted by Crippen LogP contribution is -2.55. The van der Waals surface area contributed by atoms with Crippen molar-refractivity contribution in [3.8, 4) is 0 Å². The molecule has 2 aliphatic rings. The molecular weight excluding hydrogens is 301 g/mol. The van der Waals surface area contributed by atoms with Crippen LogP contribution in [0.5, 0.6) is 0 Å². The number of aromatic nitrogens is 1. The minimum absolute atomic E-state index is 0.00580. The van der Waals surface area contributed by atoms with E-state index in [0.717, 1.165) is 31.6 Å². The third kappa shape index (κ3) is 4.25. The number of carbonyl (C=O) groups is 2. The normalized spacial score (nSPS) is 23.4. The summed E-state index contributed by atoms with van der Waals surface area (Å²) >= 11 is 0. The Labute approximate surface area is 133 Å². The second-order valence-electron chi connectivity index (χ2n) is 6.45. The minimum Gasteiger partial charge on any atom is -0.480 e. The maximum atomic E-state index is 13.1. The van der Waals surface area contributed by atoms with E-state index in [9.17, 15) is 14.0 Å². The van der Waals surface area contributed by atoms with Crippen LogP contribution in [0.2, 0.25) is 0 Å². The molecule has 1 aromatic rings. The van der Waals surface area contributed by atoms with Gasteiger partial charge < -0.3 is 10.4 Å². The highest BCUT2D eigenvalue weighted by atomic mass is 19.1. The summed E-state index contributed by atoms with van der Waals surface area (Å²) in [7, 11) is 0. The number of nitrogens with zero attached hydrogens (tertiary/aromatic N) is 2. The number of amides is 1. The van der Waals surface area contributed by atoms with Crippen LogP contribution in [0.15, 0.2) is 18.5 Å². The number of hydrogen-bond acceptors (Lipinski definition) is 4. The zero-order valence-electron chi connectivity index (χ0n) is 12.7. The fourth-order valence-electron chi connectivity index (χ4n) is 2.96. The van der Waals surface area contributed by atoms with E-state index in [1.807, 2.05) is 4.90 Å². The highest BCUT2D eigenvalue weighted by Gasteiger charge is 2.37. The van der Waals surface area contributed by atoms with Crippen molar-refractivity contribution in [2.24, 2.45) is 5.92 Å². The number of halogens is 1. The van der Waals surface area contributed by atoms with Crippen molar-refractivity contribution in [3.63, 3.8) is 0 Å². The van der Waals surface area contributed by atoms with Crippen molar-refractivity contribution in [2.45, 2.75) is 37.8 Å². The zero-order chi connectivity index (χ0) is 16.4. The molecule has 124 valence electrons. The Morgan fingerprint density at radius 1 is 1.35 bits per heavy atom. The highest BCUT2D eigenvalue weighted by molar-refractivity contribution is 5.94. The zero-order valence-corrected chi connectivity index (χ0v) is 12.7. The molecule has 1 aromatic heterocycles. The quantitative estimate of drug-likeness (QED) is 0.790. The van der Waals surface area contributed by atoms with E-state index < -0.39 is 11.8 Å². The van der Waals surface area contributed by atoms with Gasteiger partial charge in [-0.15, -0.1) is 0 Å². The summed E-state index contributed by atoms with van der Waals surface area (Å²) in [5, 5.41) is 11.9. The first-order chi connectivity index (χ1) is 11.0. The molecule has 2 fully saturated rings. The lowest BCUT2D eigenvalue weighted by atomic mass is 9.85. The van der Waals surface area contributed by atoms with Gasteiger partial charge in [0.2, 0.25) is 0 Å². The molecule has 0 atom stereocenters. The largest absolute Gasteiger partial charge is 0.480 e. The van der Waals surface area contributed by atoms with Crippen LogP contribution in [0.25, 0.3) is 0 Å². The molecule has 0 saturated heterocycles. The monoisotopic (exact) mass is 321 g/mol. The molecule has 2 N–H and O–H groups in total. The maximum Gasteiger partial charge on any atom is 0.317 e. The Balaban J connectivity index is 1.49. The molecule has 0 unspecified atom stereocenters. The van der Waals surface area contributed by atoms with E-state index in [1.165, 1.54) is 19.0 Å². The highest BCUT2D eigenvalue weighted by Crippen LogP contribution is 2.33. The summed E-state index contributed by atoms with van der Waals surface area (Å²) < 4.78 is 13.1. The molecule has 3 rings (SSSR count). The Kier molecular flexibility index (Phi) is 4.56. The third-order valence-corrected chi connectivity index (χ3v) is 4.46. The van der Waals surface area contributed by atoms with Gasteiger partial charge in [0.15, 0.2) is 0 Å². The van der Waals surface area contributed by atoms with Gasteiger partial charge in [0, 0.05) is 24.8 Å². The first-order valence-electron chi connectivity index (χ1n) is 7.88. The number of carbonyl (C=O) groups excluding carboxylic acids is 1. The second kappa shape index (κ2) is 6.62. The molecule has 23 heavy (non-hydrogen) atoms. The van der Waals surface area contributed by atoms with Crippen molar-refractivity contribution in [1.29, 1.82) is 0 Å². The molecule has 7 heteroatoms. The van der Waals surface area contributed by atoms with E-state index in [1.54, 1.807) is 0 Å². The molecule has 1 amide bonds. The van der Waals surface area contributed by atoms with Crippen molar-refractivity contribution < 1.29 is 19.1 Å². The van der Waals surface area contributed by atoms with Gasteiger partial charge in [-0.05, 0) is 37.7 Å². The number of rotatable bonds is 7. The molecule has 1 heterocycles. The summed E-state index contributed by atoms with van der Waals surface area (Å²) in [6, 6.07) is 1.36. The summed E-state index contributed by atoms with van der Waals surface area (Å²) in [4.78, 5) is 28.7. The molecule has 0 bridgehead atoms. The molecule has 0 radical (unpaired) electrons. The van der Waals surface area contributed by atoms with Crippen LogP contribution in [-0.4, -0.2) is 52.0 Å². The standard InChI is InChI=1S/C16H20FN3O3/c17-12-3-11(6-18-7-12)16(23)19-13-4-14(5-13)20(9-15(21)22)8-10-1-2-10/h3,6-7,10,13-14H,1-2,4-5,8-9H2,(H,19,23)(H,21,22). The Morgan fingerprint density at radius 3 is 2.70 bits per heavy atom. The smallest absolute Gasteiger partial charge is 0.317 e. The Hall–Kier alpha value is -2.02. The van der Waals surface area contributed by atoms with Crippen LogP contribution in [0.4, 0.5) is 4.39 Å². The van der Waals surface area contributed by atoms with Crippen LogP contribution in [0.3, 0.4) is 0 Å². The average Bonchev–Trinajstić information content (AvgIpc) is 3.25. The first kappa shape index (κ1) is 15.9. The number of aliphatic carboxylic acids is 1. The lowest BCUT2D eigenvalue weighted by molar-refractivity contribution is -0.139. The fourth-order valence-corrected chi connectivity index (χ4v) is 2.96. The first-order valence-corrected chi connectivity index (χ1v) is 7.88. The number of hydrogen-bond donors (Lipinski definition) is 2. The van der Waals surface area contributed by atoms with Crippen LogP contribution < -0.4 is 5.32 Å². The summed E-state index contributed by atoms with van der Waals surface area (Å²) in [5.74, 6) is -1.07. The number of carboxylic acid groups (broad SMARTS) is 1. The predicted molar refractivity (Wildman–Crippen MR) is 80.4 cm³/mol. The maximum absolute atomic E-state index is 13.1. The van der Waals surface area contributed by atoms with Gasteiger partial charge in [-0.1, -0.05) is 0 Å². The van der Waals surface area contributed by atoms with Crippen LogP contribution >= 0.6 is 0 Å². The van der Waals surface area contributed by atoms with Gasteiger partial charge in [0.25, 0.3) is 5.91 Å². The topological polar surface area (TPSA) is 82.5 Å². The molecule has 0 aliphatic heterocycles. The van der Waals surface area contributed by atoms with E-state index in [2.05, 4.69) is 10.3 Å². The van der Waals surface area contributed by atoms with Gasteiger partial charge in [-0.3, -0.25) is 19.5 Å². The van der Waals surface area contributed by atoms with E-state index >= 15 is 0 Å². The van der Waals surface area contributed by atoms with E-state index in [0.29, 0.717) is 5.92 Å². The molecular formula is C16H20FN3O3. The molecule has 2 saturated carbocycles. The van der Waals surface area contributed by atoms with Crippen LogP contribution in [-0.2, 0) is 4.79 Å². The van der Waals surface area contributed by atoms with E-state index in [4.69, 9.17) is 5.11 Å². The van der Waals surface area contributed by atoms with Crippen LogP contribution in [0.1, 0.15) is 36.0 Å². The fraction of sp³-hybridized carbons (Fsp3) is 0.562. The summed E-state index contributed by atoms with van der Waals surface area (Å²) in [6.45, 7) is 0.876. The molecule has 0 spiro atoms. The third-order valence-electron chi connectivity index (χ3n) is 4.46. The lowest BCUT2D eigenvalue weighted by Gasteiger charge is -2.42. The summed E-state index contributed by atoms with van der Waals surface area (Å²) in [6.07, 6.45) is 6.20. The number of pyridine rings is 1. The van der Waals surface area contributed by atoms with Gasteiger partial charge in [0.05, 0.1) is 18.3 Å². The molecule has 6 nitrogen and oxygen atoms in total. The van der Waals surface area contributed by atoms with Gasteiger partial charge in [-0.25, -0.2) is 4.39 Å². The van der Waals surface area contributed by atoms with Gasteiger partial charge in [-0.2, -0.15) is 0 Å². The van der Waals surface area contributed by atoms with Crippen molar-refractivity contribution in [3.05, 3.63) is 29.8 Å². The SMILES string of the molecule is O=C(O)CN(CC1CC1)C1CC(NC(=O)c2cncc(F)c2)C1. The average molecular weight is 321 g/mol. The predicted octanol–water partition coefficient (Wildman–Crippen LogP) is 1.28. The van der Waals surface area contributed by atoms with Crippen molar-refractivity contribution in [2.75, 3.05) is 13.1 Å². The Morgan fingerprint density at radius 2 is 2.09 bits per heavy atom. The molecule has 0 aromatic carbocycles. The minimum atomic E-state index is -0.816. The summed E-state index contributed by atoms with van der Waals surface area (Å²) in [5.41, 5.74) is 0.203. The van der Waals surface area contributed by atoms with Crippen molar-refractivity contribution in [1.82, 2.24) is 15.2 Å². The van der Waals surface area contributed by atoms with Crippen LogP contribution in [0, 0.1) is 11.7 Å². The molecule has 2 aliphatic carbocycles. The van der Waals surface area contributed by atoms with Gasteiger partial charge >= 0.3 is 5.97 Å². The van der Waals surface area contributed by atoms with Crippen molar-refractivity contribution >= 4 is 11.9 Å². The number of carboxylic acids is 1. The second-order valence-corrected chi connectivity index (χ2v) is 6.45. The van der Waals surface area contributed by atoms with Gasteiger partial charge in [0.1, 0.15) is 5.82 Å². The number of nitrogens with one attached hydrogen (secondary N) is 1. The Bertz CT molecular complexity index is 600. The van der Waals surface area contributed by atoms with E-state index in [-0.39, 0.29) is 30.1 Å².